The number of carboxylic acids is 1. The van der Waals surface area contributed by atoms with Gasteiger partial charge in [-0.1, -0.05) is 6.08 Å². The number of carboxylic acid groups (broad SMARTS) is 1. The molecular formula is C15H14O8. The summed E-state index contributed by atoms with van der Waals surface area (Å²) in [5, 5.41) is 9.12. The Morgan fingerprint density at radius 3 is 2.35 bits per heavy atom. The van der Waals surface area contributed by atoms with Gasteiger partial charge in [0.05, 0.1) is 23.3 Å². The van der Waals surface area contributed by atoms with Crippen LogP contribution in [0, 0.1) is 0 Å². The molecule has 8 nitrogen and oxygen atoms in total. The van der Waals surface area contributed by atoms with E-state index < -0.39 is 29.4 Å². The molecule has 0 heterocycles. The van der Waals surface area contributed by atoms with Crippen LogP contribution in [0.4, 0.5) is 0 Å². The molecule has 0 aliphatic heterocycles. The van der Waals surface area contributed by atoms with Crippen LogP contribution < -0.4 is 0 Å². The molecule has 0 unspecified atom stereocenters. The van der Waals surface area contributed by atoms with Crippen molar-refractivity contribution in [1.82, 2.24) is 0 Å². The number of carbonyl (C=O) groups excluding carboxylic acids is 3. The molecule has 1 aromatic carbocycles. The molecule has 0 bridgehead atoms. The number of hydrogen-bond donors (Lipinski definition) is 1. The van der Waals surface area contributed by atoms with E-state index in [9.17, 15) is 19.2 Å². The third kappa shape index (κ3) is 4.95. The van der Waals surface area contributed by atoms with Crippen LogP contribution in [-0.4, -0.2) is 35.6 Å². The zero-order valence-electron chi connectivity index (χ0n) is 12.4. The summed E-state index contributed by atoms with van der Waals surface area (Å²) in [5.41, 5.74) is -0.844. The molecule has 1 aromatic rings. The number of hydrogen-bond acceptors (Lipinski definition) is 7. The SMILES string of the molecule is CC=CC(=O)OOC(=O)c1ccc(C(=O)OCC)c(C(=O)O)c1. The predicted molar refractivity (Wildman–Crippen MR) is 75.7 cm³/mol. The van der Waals surface area contributed by atoms with Gasteiger partial charge in [0.1, 0.15) is 0 Å². The fourth-order valence-electron chi connectivity index (χ4n) is 1.53. The van der Waals surface area contributed by atoms with Crippen LogP contribution in [0.15, 0.2) is 30.4 Å². The Labute approximate surface area is 131 Å². The van der Waals surface area contributed by atoms with Gasteiger partial charge >= 0.3 is 23.9 Å². The third-order valence-corrected chi connectivity index (χ3v) is 2.48. The zero-order valence-corrected chi connectivity index (χ0v) is 12.4. The molecule has 0 aliphatic carbocycles. The Morgan fingerprint density at radius 1 is 1.09 bits per heavy atom. The van der Waals surface area contributed by atoms with Gasteiger partial charge in [-0.05, 0) is 32.0 Å². The number of ether oxygens (including phenoxy) is 1. The highest BCUT2D eigenvalue weighted by Crippen LogP contribution is 2.15. The van der Waals surface area contributed by atoms with Crippen molar-refractivity contribution in [2.45, 2.75) is 13.8 Å². The van der Waals surface area contributed by atoms with Gasteiger partial charge in [-0.3, -0.25) is 0 Å². The van der Waals surface area contributed by atoms with Crippen LogP contribution in [0.5, 0.6) is 0 Å². The molecule has 0 aromatic heterocycles. The number of rotatable bonds is 5. The summed E-state index contributed by atoms with van der Waals surface area (Å²) in [6.45, 7) is 3.21. The Hall–Kier alpha value is -3.16. The summed E-state index contributed by atoms with van der Waals surface area (Å²) >= 11 is 0. The van der Waals surface area contributed by atoms with E-state index in [-0.39, 0.29) is 17.7 Å². The number of carbonyl (C=O) groups is 4. The van der Waals surface area contributed by atoms with Gasteiger partial charge in [-0.15, -0.1) is 0 Å². The van der Waals surface area contributed by atoms with Gasteiger partial charge < -0.3 is 9.84 Å². The monoisotopic (exact) mass is 322 g/mol. The Kier molecular flexibility index (Phi) is 6.47. The molecule has 122 valence electrons. The van der Waals surface area contributed by atoms with Crippen LogP contribution in [0.1, 0.15) is 44.9 Å². The van der Waals surface area contributed by atoms with Crippen LogP contribution >= 0.6 is 0 Å². The first-order chi connectivity index (χ1) is 10.9. The second-order valence-electron chi connectivity index (χ2n) is 4.06. The standard InChI is InChI=1S/C15H14O8/c1-3-5-12(16)22-23-14(19)9-6-7-10(15(20)21-4-2)11(8-9)13(17)18/h3,5-8H,4H2,1-2H3,(H,17,18). The van der Waals surface area contributed by atoms with Gasteiger partial charge in [-0.25, -0.2) is 29.0 Å². The van der Waals surface area contributed by atoms with Gasteiger partial charge in [0.25, 0.3) is 0 Å². The summed E-state index contributed by atoms with van der Waals surface area (Å²) in [5.74, 6) is -4.24. The van der Waals surface area contributed by atoms with Crippen molar-refractivity contribution in [2.24, 2.45) is 0 Å². The van der Waals surface area contributed by atoms with Crippen molar-refractivity contribution < 1.29 is 38.8 Å². The van der Waals surface area contributed by atoms with Gasteiger partial charge in [0, 0.05) is 6.08 Å². The van der Waals surface area contributed by atoms with E-state index in [1.165, 1.54) is 6.08 Å². The molecule has 0 fully saturated rings. The lowest BCUT2D eigenvalue weighted by Gasteiger charge is -2.07. The van der Waals surface area contributed by atoms with Crippen molar-refractivity contribution in [3.63, 3.8) is 0 Å². The van der Waals surface area contributed by atoms with E-state index in [2.05, 4.69) is 9.78 Å². The largest absolute Gasteiger partial charge is 0.478 e. The lowest BCUT2D eigenvalue weighted by atomic mass is 10.0. The maximum Gasteiger partial charge on any atom is 0.386 e. The summed E-state index contributed by atoms with van der Waals surface area (Å²) in [6, 6.07) is 3.21. The second-order valence-corrected chi connectivity index (χ2v) is 4.06. The molecule has 8 heteroatoms. The molecule has 1 N–H and O–H groups in total. The average molecular weight is 322 g/mol. The molecule has 0 saturated carbocycles. The number of benzene rings is 1. The van der Waals surface area contributed by atoms with Crippen molar-refractivity contribution >= 4 is 23.9 Å². The van der Waals surface area contributed by atoms with Gasteiger partial charge in [0.2, 0.25) is 0 Å². The first kappa shape index (κ1) is 17.9. The fraction of sp³-hybridized carbons (Fsp3) is 0.200. The Bertz CT molecular complexity index is 659. The van der Waals surface area contributed by atoms with E-state index in [0.717, 1.165) is 24.3 Å². The summed E-state index contributed by atoms with van der Waals surface area (Å²) < 4.78 is 4.73. The molecule has 23 heavy (non-hydrogen) atoms. The van der Waals surface area contributed by atoms with E-state index in [0.29, 0.717) is 0 Å². The van der Waals surface area contributed by atoms with Crippen molar-refractivity contribution in [2.75, 3.05) is 6.61 Å². The molecule has 1 rings (SSSR count). The number of esters is 1. The zero-order chi connectivity index (χ0) is 17.4. The molecule has 0 radical (unpaired) electrons. The predicted octanol–water partition coefficient (Wildman–Crippen LogP) is 1.75. The summed E-state index contributed by atoms with van der Waals surface area (Å²) in [4.78, 5) is 54.1. The van der Waals surface area contributed by atoms with Gasteiger partial charge in [0.15, 0.2) is 0 Å². The molecule has 0 saturated heterocycles. The topological polar surface area (TPSA) is 116 Å². The fourth-order valence-corrected chi connectivity index (χ4v) is 1.53. The van der Waals surface area contributed by atoms with E-state index in [1.54, 1.807) is 13.8 Å². The normalized spacial score (nSPS) is 10.2. The Balaban J connectivity index is 2.99. The third-order valence-electron chi connectivity index (χ3n) is 2.48. The molecule has 0 spiro atoms. The number of aromatic carboxylic acids is 1. The minimum atomic E-state index is -1.42. The van der Waals surface area contributed by atoms with E-state index >= 15 is 0 Å². The second kappa shape index (κ2) is 8.32. The smallest absolute Gasteiger partial charge is 0.386 e. The van der Waals surface area contributed by atoms with Crippen molar-refractivity contribution in [3.8, 4) is 0 Å². The highest BCUT2D eigenvalue weighted by Gasteiger charge is 2.21. The maximum atomic E-state index is 11.7. The summed E-state index contributed by atoms with van der Waals surface area (Å²) in [7, 11) is 0. The highest BCUT2D eigenvalue weighted by molar-refractivity contribution is 6.04. The Morgan fingerprint density at radius 2 is 1.78 bits per heavy atom. The molecule has 0 aliphatic rings. The lowest BCUT2D eigenvalue weighted by Crippen LogP contribution is -2.15. The van der Waals surface area contributed by atoms with Gasteiger partial charge in [-0.2, -0.15) is 0 Å². The van der Waals surface area contributed by atoms with Crippen molar-refractivity contribution in [3.05, 3.63) is 47.0 Å². The molecular weight excluding hydrogens is 308 g/mol. The first-order valence-electron chi connectivity index (χ1n) is 6.50. The summed E-state index contributed by atoms with van der Waals surface area (Å²) in [6.07, 6.45) is 2.41. The van der Waals surface area contributed by atoms with Crippen molar-refractivity contribution in [1.29, 1.82) is 0 Å². The lowest BCUT2D eigenvalue weighted by molar-refractivity contribution is -0.228. The molecule has 0 atom stereocenters. The minimum absolute atomic E-state index is 0.0720. The van der Waals surface area contributed by atoms with Crippen LogP contribution in [0.3, 0.4) is 0 Å². The first-order valence-corrected chi connectivity index (χ1v) is 6.50. The quantitative estimate of drug-likeness (QED) is 0.377. The van der Waals surface area contributed by atoms with Crippen LogP contribution in [-0.2, 0) is 19.3 Å². The van der Waals surface area contributed by atoms with Crippen LogP contribution in [0.25, 0.3) is 0 Å². The minimum Gasteiger partial charge on any atom is -0.478 e. The van der Waals surface area contributed by atoms with E-state index in [4.69, 9.17) is 9.84 Å². The van der Waals surface area contributed by atoms with Crippen LogP contribution in [0.2, 0.25) is 0 Å². The average Bonchev–Trinajstić information content (AvgIpc) is 2.52. The molecule has 0 amide bonds. The maximum absolute atomic E-state index is 11.7. The van der Waals surface area contributed by atoms with E-state index in [1.807, 2.05) is 0 Å². The number of allylic oxidation sites excluding steroid dienone is 1. The highest BCUT2D eigenvalue weighted by atomic mass is 17.2.